The molecule has 0 rings (SSSR count). The van der Waals surface area contributed by atoms with Crippen LogP contribution in [0.4, 0.5) is 0 Å². The van der Waals surface area contributed by atoms with E-state index in [1.807, 2.05) is 0 Å². The molecule has 0 saturated carbocycles. The van der Waals surface area contributed by atoms with Crippen LogP contribution in [0.1, 0.15) is 39.5 Å². The van der Waals surface area contributed by atoms with Crippen molar-refractivity contribution in [2.45, 2.75) is 50.2 Å². The zero-order valence-corrected chi connectivity index (χ0v) is 12.7. The van der Waals surface area contributed by atoms with Crippen LogP contribution in [0.5, 0.6) is 0 Å². The monoisotopic (exact) mass is 330 g/mol. The normalized spacial score (nSPS) is 12.1. The Morgan fingerprint density at radius 2 is 1.79 bits per heavy atom. The first kappa shape index (κ1) is 14.7. The first-order valence-corrected chi connectivity index (χ1v) is 9.66. The number of rotatable bonds is 9. The van der Waals surface area contributed by atoms with Gasteiger partial charge in [0.2, 0.25) is 0 Å². The second-order valence-corrected chi connectivity index (χ2v) is 7.78. The van der Waals surface area contributed by atoms with E-state index >= 15 is 0 Å². The fourth-order valence-corrected chi connectivity index (χ4v) is 5.87. The Morgan fingerprint density at radius 3 is 2.36 bits per heavy atom. The molecular formula is C11H22OSe2. The van der Waals surface area contributed by atoms with Gasteiger partial charge in [-0.25, -0.2) is 0 Å². The minimum absolute atomic E-state index is 0.303. The first-order chi connectivity index (χ1) is 6.85. The molecule has 0 aliphatic rings. The minimum atomic E-state index is 0.303. The molecule has 3 heteroatoms. The van der Waals surface area contributed by atoms with Gasteiger partial charge >= 0.3 is 101 Å². The number of hydrogen-bond donors (Lipinski definition) is 1. The Bertz CT molecular complexity index is 146. The summed E-state index contributed by atoms with van der Waals surface area (Å²) in [6, 6.07) is 0. The summed E-state index contributed by atoms with van der Waals surface area (Å²) in [5, 5.41) is 11.8. The van der Waals surface area contributed by atoms with Crippen LogP contribution < -0.4 is 0 Å². The summed E-state index contributed by atoms with van der Waals surface area (Å²) in [6.07, 6.45) is 5.24. The van der Waals surface area contributed by atoms with Crippen molar-refractivity contribution in [3.05, 3.63) is 9.45 Å². The van der Waals surface area contributed by atoms with Crippen molar-refractivity contribution in [1.29, 1.82) is 0 Å². The summed E-state index contributed by atoms with van der Waals surface area (Å²) in [6.45, 7) is 4.76. The fourth-order valence-electron chi connectivity index (χ4n) is 0.844. The maximum absolute atomic E-state index is 9.14. The van der Waals surface area contributed by atoms with Crippen LogP contribution >= 0.6 is 0 Å². The molecule has 0 aromatic carbocycles. The number of aliphatic hydroxyl groups is 1. The molecule has 0 unspecified atom stereocenters. The van der Waals surface area contributed by atoms with E-state index in [-0.39, 0.29) is 0 Å². The summed E-state index contributed by atoms with van der Waals surface area (Å²) in [5.41, 5.74) is 0. The molecular weight excluding hydrogens is 306 g/mol. The van der Waals surface area contributed by atoms with Gasteiger partial charge in [0.05, 0.1) is 0 Å². The Kier molecular flexibility index (Phi) is 12.4. The molecule has 0 amide bonds. The summed E-state index contributed by atoms with van der Waals surface area (Å²) in [7, 11) is 0. The van der Waals surface area contributed by atoms with E-state index < -0.39 is 0 Å². The molecule has 14 heavy (non-hydrogen) atoms. The Morgan fingerprint density at radius 1 is 1.14 bits per heavy atom. The molecule has 1 nitrogen and oxygen atoms in total. The second-order valence-electron chi connectivity index (χ2n) is 3.17. The van der Waals surface area contributed by atoms with Crippen molar-refractivity contribution < 1.29 is 5.11 Å². The topological polar surface area (TPSA) is 20.2 Å². The van der Waals surface area contributed by atoms with E-state index in [0.29, 0.717) is 36.5 Å². The fraction of sp³-hybridized carbons (Fsp3) is 0.818. The predicted molar refractivity (Wildman–Crippen MR) is 66.1 cm³/mol. The van der Waals surface area contributed by atoms with Crippen LogP contribution in [0, 0.1) is 0 Å². The third-order valence-corrected chi connectivity index (χ3v) is 6.90. The van der Waals surface area contributed by atoms with Crippen molar-refractivity contribution in [3.8, 4) is 0 Å². The van der Waals surface area contributed by atoms with Gasteiger partial charge in [-0.1, -0.05) is 0 Å². The van der Waals surface area contributed by atoms with Crippen LogP contribution in [-0.4, -0.2) is 41.6 Å². The van der Waals surface area contributed by atoms with Crippen LogP contribution in [0.15, 0.2) is 9.45 Å². The van der Waals surface area contributed by atoms with Gasteiger partial charge in [-0.05, 0) is 0 Å². The molecule has 0 aromatic rings. The van der Waals surface area contributed by atoms with Gasteiger partial charge < -0.3 is 0 Å². The Labute approximate surface area is 101 Å². The van der Waals surface area contributed by atoms with Gasteiger partial charge in [-0.15, -0.1) is 0 Å². The number of hydrogen-bond acceptors (Lipinski definition) is 1. The van der Waals surface area contributed by atoms with Gasteiger partial charge in [-0.3, -0.25) is 0 Å². The van der Waals surface area contributed by atoms with Gasteiger partial charge in [-0.2, -0.15) is 0 Å². The summed E-state index contributed by atoms with van der Waals surface area (Å²) >= 11 is 1.21. The third-order valence-electron chi connectivity index (χ3n) is 1.77. The van der Waals surface area contributed by atoms with E-state index in [1.54, 1.807) is 0 Å². The molecule has 1 N–H and O–H groups in total. The molecule has 0 aliphatic heterocycles. The van der Waals surface area contributed by atoms with Crippen LogP contribution in [-0.2, 0) is 0 Å². The van der Waals surface area contributed by atoms with E-state index in [0.717, 1.165) is 0 Å². The van der Waals surface area contributed by atoms with Crippen molar-refractivity contribution in [2.24, 2.45) is 0 Å². The van der Waals surface area contributed by atoms with Crippen LogP contribution in [0.25, 0.3) is 0 Å². The molecule has 0 bridgehead atoms. The van der Waals surface area contributed by atoms with E-state index in [2.05, 4.69) is 18.8 Å². The summed E-state index contributed by atoms with van der Waals surface area (Å²) in [5.74, 6) is 0. The molecule has 0 aromatic heterocycles. The molecule has 0 radical (unpaired) electrons. The number of aliphatic hydroxyl groups excluding tert-OH is 1. The maximum atomic E-state index is 9.14. The molecule has 0 atom stereocenters. The Hall–Kier alpha value is 0.739. The SMILES string of the molecule is CCCC[Se]/C=C(/CO)[Se]CCCC. The van der Waals surface area contributed by atoms with Crippen molar-refractivity contribution in [2.75, 3.05) is 6.61 Å². The molecule has 0 spiro atoms. The average molecular weight is 328 g/mol. The van der Waals surface area contributed by atoms with Crippen LogP contribution in [0.3, 0.4) is 0 Å². The summed E-state index contributed by atoms with van der Waals surface area (Å²) < 4.78 is 1.34. The van der Waals surface area contributed by atoms with Gasteiger partial charge in [0.15, 0.2) is 0 Å². The van der Waals surface area contributed by atoms with Gasteiger partial charge in [0.25, 0.3) is 0 Å². The predicted octanol–water partition coefficient (Wildman–Crippen LogP) is 2.67. The van der Waals surface area contributed by atoms with E-state index in [1.165, 1.54) is 40.8 Å². The average Bonchev–Trinajstić information content (AvgIpc) is 2.22. The van der Waals surface area contributed by atoms with Crippen molar-refractivity contribution >= 4 is 29.9 Å². The molecule has 0 heterocycles. The van der Waals surface area contributed by atoms with Gasteiger partial charge in [0.1, 0.15) is 0 Å². The molecule has 0 saturated heterocycles. The second kappa shape index (κ2) is 11.8. The molecule has 0 fully saturated rings. The zero-order valence-electron chi connectivity index (χ0n) is 9.29. The zero-order chi connectivity index (χ0) is 10.6. The number of unbranched alkanes of at least 4 members (excludes halogenated alkanes) is 2. The molecule has 84 valence electrons. The summed E-state index contributed by atoms with van der Waals surface area (Å²) in [4.78, 5) is 2.33. The van der Waals surface area contributed by atoms with E-state index in [9.17, 15) is 0 Å². The van der Waals surface area contributed by atoms with E-state index in [4.69, 9.17) is 5.11 Å². The third kappa shape index (κ3) is 9.30. The van der Waals surface area contributed by atoms with Crippen molar-refractivity contribution in [3.63, 3.8) is 0 Å². The van der Waals surface area contributed by atoms with Crippen molar-refractivity contribution in [1.82, 2.24) is 0 Å². The standard InChI is InChI=1S/C11H22OSe2/c1-3-5-7-13-10-11(9-12)14-8-6-4-2/h10,12H,3-9H2,1-2H3/b11-10-. The van der Waals surface area contributed by atoms with Crippen LogP contribution in [0.2, 0.25) is 10.6 Å². The van der Waals surface area contributed by atoms with Gasteiger partial charge in [0, 0.05) is 0 Å². The first-order valence-electron chi connectivity index (χ1n) is 5.39. The molecule has 0 aliphatic carbocycles. The quantitative estimate of drug-likeness (QED) is 0.510. The Balaban J connectivity index is 3.53.